The van der Waals surface area contributed by atoms with E-state index in [1.807, 2.05) is 6.07 Å². The number of nitriles is 1. The highest BCUT2D eigenvalue weighted by molar-refractivity contribution is 9.10. The van der Waals surface area contributed by atoms with Crippen molar-refractivity contribution in [2.75, 3.05) is 0 Å². The number of benzene rings is 1. The van der Waals surface area contributed by atoms with E-state index in [1.165, 1.54) is 6.20 Å². The van der Waals surface area contributed by atoms with E-state index in [1.54, 1.807) is 12.1 Å². The van der Waals surface area contributed by atoms with Gasteiger partial charge in [-0.3, -0.25) is 4.98 Å². The van der Waals surface area contributed by atoms with Gasteiger partial charge in [-0.15, -0.1) is 0 Å². The van der Waals surface area contributed by atoms with E-state index in [0.29, 0.717) is 26.5 Å². The zero-order valence-electron chi connectivity index (χ0n) is 7.26. The highest BCUT2D eigenvalue weighted by Crippen LogP contribution is 2.32. The van der Waals surface area contributed by atoms with Crippen LogP contribution in [0.4, 0.5) is 0 Å². The zero-order valence-corrected chi connectivity index (χ0v) is 10.4. The highest BCUT2D eigenvalue weighted by atomic mass is 79.9. The third-order valence-corrected chi connectivity index (χ3v) is 3.10. The van der Waals surface area contributed by atoms with Crippen LogP contribution in [-0.2, 0) is 0 Å². The number of hydrogen-bond donors (Lipinski definition) is 0. The minimum atomic E-state index is 0.346. The first-order chi connectivity index (χ1) is 7.13. The SMILES string of the molecule is N#Cc1cnc2c(Cl)cc(Br)cc2c1Cl. The largest absolute Gasteiger partial charge is 0.253 e. The summed E-state index contributed by atoms with van der Waals surface area (Å²) in [6.07, 6.45) is 1.42. The second-order valence-electron chi connectivity index (χ2n) is 2.88. The fourth-order valence-corrected chi connectivity index (χ4v) is 2.37. The first-order valence-electron chi connectivity index (χ1n) is 3.97. The Bertz CT molecular complexity index is 590. The quantitative estimate of drug-likeness (QED) is 0.732. The van der Waals surface area contributed by atoms with Crippen LogP contribution in [0.15, 0.2) is 22.8 Å². The van der Waals surface area contributed by atoms with Crippen LogP contribution >= 0.6 is 39.1 Å². The number of hydrogen-bond acceptors (Lipinski definition) is 2. The second kappa shape index (κ2) is 3.97. The lowest BCUT2D eigenvalue weighted by molar-refractivity contribution is 1.37. The highest BCUT2D eigenvalue weighted by Gasteiger charge is 2.09. The standard InChI is InChI=1S/C10H3BrCl2N2/c11-6-1-7-9(13)5(3-14)4-15-10(7)8(12)2-6/h1-2,4H. The smallest absolute Gasteiger partial charge is 0.102 e. The molecule has 0 aliphatic carbocycles. The molecule has 1 heterocycles. The summed E-state index contributed by atoms with van der Waals surface area (Å²) in [4.78, 5) is 4.09. The molecule has 2 aromatic rings. The second-order valence-corrected chi connectivity index (χ2v) is 4.58. The molecule has 0 unspecified atom stereocenters. The van der Waals surface area contributed by atoms with Crippen molar-refractivity contribution in [2.24, 2.45) is 0 Å². The number of rotatable bonds is 0. The molecule has 0 saturated heterocycles. The monoisotopic (exact) mass is 300 g/mol. The molecule has 2 nitrogen and oxygen atoms in total. The van der Waals surface area contributed by atoms with E-state index < -0.39 is 0 Å². The molecule has 5 heteroatoms. The molecule has 2 rings (SSSR count). The fourth-order valence-electron chi connectivity index (χ4n) is 1.27. The van der Waals surface area contributed by atoms with Crippen LogP contribution in [0.25, 0.3) is 10.9 Å². The van der Waals surface area contributed by atoms with Crippen LogP contribution in [0.5, 0.6) is 0 Å². The van der Waals surface area contributed by atoms with E-state index in [0.717, 1.165) is 4.47 Å². The number of aromatic nitrogens is 1. The minimum absolute atomic E-state index is 0.346. The van der Waals surface area contributed by atoms with E-state index in [9.17, 15) is 0 Å². The molecule has 0 spiro atoms. The van der Waals surface area contributed by atoms with Gasteiger partial charge in [0.15, 0.2) is 0 Å². The van der Waals surface area contributed by atoms with Crippen LogP contribution in [-0.4, -0.2) is 4.98 Å². The maximum Gasteiger partial charge on any atom is 0.102 e. The fraction of sp³-hybridized carbons (Fsp3) is 0. The van der Waals surface area contributed by atoms with Gasteiger partial charge in [0.05, 0.1) is 21.1 Å². The zero-order chi connectivity index (χ0) is 11.0. The molecule has 0 bridgehead atoms. The Morgan fingerprint density at radius 3 is 2.73 bits per heavy atom. The van der Waals surface area contributed by atoms with Crippen molar-refractivity contribution in [3.63, 3.8) is 0 Å². The molecule has 0 amide bonds. The van der Waals surface area contributed by atoms with Crippen molar-refractivity contribution >= 4 is 50.0 Å². The molecule has 74 valence electrons. The minimum Gasteiger partial charge on any atom is -0.253 e. The Labute approximate surface area is 105 Å². The topological polar surface area (TPSA) is 36.7 Å². The summed E-state index contributed by atoms with van der Waals surface area (Å²) >= 11 is 15.3. The van der Waals surface area contributed by atoms with Crippen LogP contribution in [0.3, 0.4) is 0 Å². The van der Waals surface area contributed by atoms with Gasteiger partial charge < -0.3 is 0 Å². The van der Waals surface area contributed by atoms with Gasteiger partial charge in [0.1, 0.15) is 6.07 Å². The van der Waals surface area contributed by atoms with Crippen LogP contribution in [0, 0.1) is 11.3 Å². The van der Waals surface area contributed by atoms with Crippen molar-refractivity contribution in [3.05, 3.63) is 38.4 Å². The lowest BCUT2D eigenvalue weighted by Crippen LogP contribution is -1.86. The predicted molar refractivity (Wildman–Crippen MR) is 64.2 cm³/mol. The van der Waals surface area contributed by atoms with Gasteiger partial charge in [-0.25, -0.2) is 0 Å². The Kier molecular flexibility index (Phi) is 2.83. The predicted octanol–water partition coefficient (Wildman–Crippen LogP) is 4.18. The molecular formula is C10H3BrCl2N2. The van der Waals surface area contributed by atoms with Crippen molar-refractivity contribution < 1.29 is 0 Å². The number of halogens is 3. The maximum absolute atomic E-state index is 8.80. The number of pyridine rings is 1. The van der Waals surface area contributed by atoms with E-state index >= 15 is 0 Å². The first-order valence-corrected chi connectivity index (χ1v) is 5.51. The van der Waals surface area contributed by atoms with Crippen molar-refractivity contribution in [1.82, 2.24) is 4.98 Å². The average Bonchev–Trinajstić information content (AvgIpc) is 2.19. The van der Waals surface area contributed by atoms with E-state index in [2.05, 4.69) is 20.9 Å². The maximum atomic E-state index is 8.80. The van der Waals surface area contributed by atoms with Gasteiger partial charge in [0, 0.05) is 16.1 Å². The summed E-state index contributed by atoms with van der Waals surface area (Å²) in [5.74, 6) is 0. The molecule has 1 aromatic carbocycles. The lowest BCUT2D eigenvalue weighted by atomic mass is 10.2. The summed E-state index contributed by atoms with van der Waals surface area (Å²) in [7, 11) is 0. The van der Waals surface area contributed by atoms with Crippen LogP contribution in [0.2, 0.25) is 10.0 Å². The first kappa shape index (κ1) is 10.7. The Morgan fingerprint density at radius 2 is 2.07 bits per heavy atom. The summed E-state index contributed by atoms with van der Waals surface area (Å²) in [6.45, 7) is 0. The third-order valence-electron chi connectivity index (χ3n) is 1.94. The van der Waals surface area contributed by atoms with Gasteiger partial charge in [-0.2, -0.15) is 5.26 Å². The number of fused-ring (bicyclic) bond motifs is 1. The molecule has 0 aliphatic heterocycles. The average molecular weight is 302 g/mol. The van der Waals surface area contributed by atoms with Crippen LogP contribution < -0.4 is 0 Å². The normalized spacial score (nSPS) is 10.3. The summed E-state index contributed by atoms with van der Waals surface area (Å²) in [6, 6.07) is 5.50. The molecule has 0 N–H and O–H groups in total. The summed E-state index contributed by atoms with van der Waals surface area (Å²) in [5.41, 5.74) is 0.946. The van der Waals surface area contributed by atoms with E-state index in [4.69, 9.17) is 28.5 Å². The van der Waals surface area contributed by atoms with Gasteiger partial charge in [0.2, 0.25) is 0 Å². The Hall–Kier alpha value is -0.820. The lowest BCUT2D eigenvalue weighted by Gasteiger charge is -2.04. The number of nitrogens with zero attached hydrogens (tertiary/aromatic N) is 2. The molecule has 0 atom stereocenters. The molecule has 1 aromatic heterocycles. The van der Waals surface area contributed by atoms with Gasteiger partial charge in [-0.1, -0.05) is 39.1 Å². The summed E-state index contributed by atoms with van der Waals surface area (Å²) < 4.78 is 0.804. The molecule has 0 saturated carbocycles. The van der Waals surface area contributed by atoms with Gasteiger partial charge in [0.25, 0.3) is 0 Å². The summed E-state index contributed by atoms with van der Waals surface area (Å²) in [5, 5.41) is 10.4. The molecule has 15 heavy (non-hydrogen) atoms. The Morgan fingerprint density at radius 1 is 1.33 bits per heavy atom. The molecule has 0 fully saturated rings. The van der Waals surface area contributed by atoms with Crippen molar-refractivity contribution in [2.45, 2.75) is 0 Å². The van der Waals surface area contributed by atoms with Gasteiger partial charge >= 0.3 is 0 Å². The Balaban J connectivity index is 2.94. The molecule has 0 radical (unpaired) electrons. The van der Waals surface area contributed by atoms with Crippen molar-refractivity contribution in [3.8, 4) is 6.07 Å². The van der Waals surface area contributed by atoms with Gasteiger partial charge in [-0.05, 0) is 12.1 Å². The van der Waals surface area contributed by atoms with Crippen LogP contribution in [0.1, 0.15) is 5.56 Å². The van der Waals surface area contributed by atoms with E-state index in [-0.39, 0.29) is 0 Å². The third kappa shape index (κ3) is 1.81. The molecular weight excluding hydrogens is 299 g/mol. The van der Waals surface area contributed by atoms with Crippen molar-refractivity contribution in [1.29, 1.82) is 5.26 Å². The molecule has 0 aliphatic rings.